The maximum Gasteiger partial charge on any atom is 0.308 e. The molecule has 0 spiro atoms. The van der Waals surface area contributed by atoms with Crippen LogP contribution in [-0.2, 0) is 19.1 Å². The van der Waals surface area contributed by atoms with E-state index in [1.807, 2.05) is 0 Å². The number of piperazine rings is 1. The maximum atomic E-state index is 13.3. The number of hydrogen-bond donors (Lipinski definition) is 2. The molecule has 1 heterocycles. The molecule has 58 heavy (non-hydrogen) atoms. The second-order valence-corrected chi connectivity index (χ2v) is 18.3. The second kappa shape index (κ2) is 41.2. The van der Waals surface area contributed by atoms with Crippen LogP contribution in [0.5, 0.6) is 0 Å². The molecule has 1 saturated heterocycles. The van der Waals surface area contributed by atoms with Gasteiger partial charge >= 0.3 is 11.9 Å². The first-order valence-corrected chi connectivity index (χ1v) is 25.9. The monoisotopic (exact) mass is 821 g/mol. The number of aliphatic hydroxyl groups is 1. The molecule has 0 bridgehead atoms. The molecule has 0 aliphatic carbocycles. The molecule has 2 unspecified atom stereocenters. The van der Waals surface area contributed by atoms with Crippen LogP contribution in [0.25, 0.3) is 0 Å². The van der Waals surface area contributed by atoms with E-state index in [2.05, 4.69) is 37.9 Å². The molecule has 0 radical (unpaired) electrons. The second-order valence-electron chi connectivity index (χ2n) is 18.3. The molecule has 344 valence electrons. The highest BCUT2D eigenvalue weighted by molar-refractivity contribution is 5.72. The summed E-state index contributed by atoms with van der Waals surface area (Å²) in [5.41, 5.74) is 0. The van der Waals surface area contributed by atoms with Gasteiger partial charge in [-0.05, 0) is 77.2 Å². The first kappa shape index (κ1) is 54.8. The highest BCUT2D eigenvalue weighted by atomic mass is 16.5. The number of rotatable bonds is 43. The number of carbonyl (C=O) groups is 2. The van der Waals surface area contributed by atoms with Crippen molar-refractivity contribution in [1.29, 1.82) is 0 Å². The van der Waals surface area contributed by atoms with Gasteiger partial charge in [0.2, 0.25) is 0 Å². The third-order valence-electron chi connectivity index (χ3n) is 12.7. The van der Waals surface area contributed by atoms with Gasteiger partial charge in [0.1, 0.15) is 0 Å². The van der Waals surface area contributed by atoms with Gasteiger partial charge in [0.05, 0.1) is 25.0 Å². The van der Waals surface area contributed by atoms with Gasteiger partial charge in [-0.15, -0.1) is 0 Å². The van der Waals surface area contributed by atoms with Crippen molar-refractivity contribution < 1.29 is 24.2 Å². The fourth-order valence-electron chi connectivity index (χ4n) is 8.98. The maximum absolute atomic E-state index is 13.3. The molecule has 1 aliphatic heterocycles. The summed E-state index contributed by atoms with van der Waals surface area (Å²) in [6.07, 6.45) is 40.8. The number of nitrogens with zero attached hydrogens (tertiary/aromatic N) is 1. The van der Waals surface area contributed by atoms with Crippen molar-refractivity contribution in [3.05, 3.63) is 0 Å². The zero-order valence-electron chi connectivity index (χ0n) is 39.3. The summed E-state index contributed by atoms with van der Waals surface area (Å²) in [5, 5.41) is 13.2. The Morgan fingerprint density at radius 3 is 1.16 bits per heavy atom. The van der Waals surface area contributed by atoms with Crippen LogP contribution in [0.3, 0.4) is 0 Å². The smallest absolute Gasteiger partial charge is 0.308 e. The van der Waals surface area contributed by atoms with Crippen LogP contribution in [0.15, 0.2) is 0 Å². The molecule has 7 nitrogen and oxygen atoms in total. The van der Waals surface area contributed by atoms with Gasteiger partial charge in [0.15, 0.2) is 0 Å². The van der Waals surface area contributed by atoms with Gasteiger partial charge in [-0.1, -0.05) is 182 Å². The molecule has 7 heteroatoms. The van der Waals surface area contributed by atoms with E-state index in [1.165, 1.54) is 128 Å². The summed E-state index contributed by atoms with van der Waals surface area (Å²) in [5.74, 6) is 0.189. The first-order valence-electron chi connectivity index (χ1n) is 25.9. The fourth-order valence-corrected chi connectivity index (χ4v) is 8.98. The molecular formula is C51H100N2O5. The van der Waals surface area contributed by atoms with E-state index < -0.39 is 0 Å². The summed E-state index contributed by atoms with van der Waals surface area (Å²) in [7, 11) is 0. The molecule has 2 N–H and O–H groups in total. The number of nitrogens with one attached hydrogen (secondary N) is 1. The fraction of sp³-hybridized carbons (Fsp3) is 0.961. The van der Waals surface area contributed by atoms with Gasteiger partial charge in [-0.3, -0.25) is 9.59 Å². The molecule has 0 aromatic heterocycles. The average Bonchev–Trinajstić information content (AvgIpc) is 3.23. The molecule has 0 aromatic carbocycles. The number of ether oxygens (including phenoxy) is 2. The molecule has 1 aliphatic rings. The lowest BCUT2D eigenvalue weighted by Crippen LogP contribution is -2.56. The van der Waals surface area contributed by atoms with Crippen LogP contribution < -0.4 is 5.32 Å². The Labute approximate surface area is 361 Å². The number of hydrogen-bond acceptors (Lipinski definition) is 7. The van der Waals surface area contributed by atoms with Crippen LogP contribution in [0, 0.1) is 11.8 Å². The van der Waals surface area contributed by atoms with Crippen LogP contribution in [0.4, 0.5) is 0 Å². The highest BCUT2D eigenvalue weighted by Gasteiger charge is 2.27. The highest BCUT2D eigenvalue weighted by Crippen LogP contribution is 2.23. The van der Waals surface area contributed by atoms with Gasteiger partial charge < -0.3 is 24.8 Å². The van der Waals surface area contributed by atoms with E-state index in [0.717, 1.165) is 116 Å². The Morgan fingerprint density at radius 1 is 0.483 bits per heavy atom. The summed E-state index contributed by atoms with van der Waals surface area (Å²) in [4.78, 5) is 29.3. The first-order chi connectivity index (χ1) is 28.5. The predicted molar refractivity (Wildman–Crippen MR) is 247 cm³/mol. The van der Waals surface area contributed by atoms with Crippen molar-refractivity contribution in [2.24, 2.45) is 11.8 Å². The Hall–Kier alpha value is -1.18. The quantitative estimate of drug-likeness (QED) is 0.0468. The topological polar surface area (TPSA) is 88.1 Å². The zero-order valence-corrected chi connectivity index (χ0v) is 39.3. The van der Waals surface area contributed by atoms with Crippen LogP contribution in [-0.4, -0.2) is 73.5 Å². The van der Waals surface area contributed by atoms with Gasteiger partial charge in [-0.2, -0.15) is 0 Å². The minimum absolute atomic E-state index is 0.0397. The van der Waals surface area contributed by atoms with Crippen LogP contribution in [0.2, 0.25) is 0 Å². The zero-order chi connectivity index (χ0) is 42.2. The van der Waals surface area contributed by atoms with E-state index >= 15 is 0 Å². The van der Waals surface area contributed by atoms with Crippen LogP contribution >= 0.6 is 0 Å². The van der Waals surface area contributed by atoms with E-state index in [9.17, 15) is 14.7 Å². The molecule has 1 fully saturated rings. The Kier molecular flexibility index (Phi) is 38.9. The number of aliphatic hydroxyl groups excluding tert-OH is 1. The Morgan fingerprint density at radius 2 is 0.810 bits per heavy atom. The van der Waals surface area contributed by atoms with Crippen LogP contribution in [0.1, 0.15) is 252 Å². The molecule has 1 rings (SSSR count). The largest absolute Gasteiger partial charge is 0.465 e. The SMILES string of the molecule is CCCCCCCCC(CCCCCCCC)C(=O)OCCCC1CN(CCCCCO)CC(CCCOC(=O)C(CCCCCCCC)CCCCCCCC)N1. The predicted octanol–water partition coefficient (Wildman–Crippen LogP) is 13.7. The summed E-state index contributed by atoms with van der Waals surface area (Å²) >= 11 is 0. The lowest BCUT2D eigenvalue weighted by atomic mass is 9.94. The minimum Gasteiger partial charge on any atom is -0.465 e. The van der Waals surface area contributed by atoms with Crippen molar-refractivity contribution in [1.82, 2.24) is 10.2 Å². The third-order valence-corrected chi connectivity index (χ3v) is 12.7. The summed E-state index contributed by atoms with van der Waals surface area (Å²) < 4.78 is 12.0. The number of unbranched alkanes of at least 4 members (excludes halogenated alkanes) is 22. The number of carbonyl (C=O) groups excluding carboxylic acids is 2. The molecule has 0 saturated carbocycles. The van der Waals surface area contributed by atoms with Crippen molar-refractivity contribution in [2.75, 3.05) is 39.5 Å². The van der Waals surface area contributed by atoms with Crippen molar-refractivity contribution in [3.63, 3.8) is 0 Å². The van der Waals surface area contributed by atoms with Crippen molar-refractivity contribution >= 4 is 11.9 Å². The minimum atomic E-state index is 0.0397. The Balaban J connectivity index is 2.63. The van der Waals surface area contributed by atoms with E-state index in [0.29, 0.717) is 25.3 Å². The van der Waals surface area contributed by atoms with Gasteiger partial charge in [0, 0.05) is 31.8 Å². The van der Waals surface area contributed by atoms with E-state index in [4.69, 9.17) is 9.47 Å². The van der Waals surface area contributed by atoms with Gasteiger partial charge in [0.25, 0.3) is 0 Å². The Bertz CT molecular complexity index is 806. The summed E-state index contributed by atoms with van der Waals surface area (Å²) in [6.45, 7) is 13.4. The van der Waals surface area contributed by atoms with Gasteiger partial charge in [-0.25, -0.2) is 0 Å². The molecule has 2 atom stereocenters. The normalized spacial score (nSPS) is 16.1. The van der Waals surface area contributed by atoms with Crippen molar-refractivity contribution in [3.8, 4) is 0 Å². The molecule has 0 amide bonds. The third kappa shape index (κ3) is 31.7. The number of esters is 2. The average molecular weight is 821 g/mol. The standard InChI is InChI=1S/C51H100N2O5/c1-5-9-13-17-21-26-34-46(35-27-22-18-14-10-6-2)50(55)57-42-32-38-48-44-53(40-30-25-31-41-54)45-49(52-48)39-33-43-58-51(56)47(36-28-23-19-15-11-7-3)37-29-24-20-16-12-8-4/h46-49,52,54H,5-45H2,1-4H3. The van der Waals surface area contributed by atoms with E-state index in [-0.39, 0.29) is 30.4 Å². The lowest BCUT2D eigenvalue weighted by molar-refractivity contribution is -0.150. The van der Waals surface area contributed by atoms with E-state index in [1.54, 1.807) is 0 Å². The van der Waals surface area contributed by atoms with Crippen molar-refractivity contribution in [2.45, 2.75) is 265 Å². The summed E-state index contributed by atoms with van der Waals surface area (Å²) in [6, 6.07) is 0.720. The molecular weight excluding hydrogens is 721 g/mol. The lowest BCUT2D eigenvalue weighted by Gasteiger charge is -2.39. The molecule has 0 aromatic rings.